The third kappa shape index (κ3) is 3.57. The molecule has 0 saturated carbocycles. The summed E-state index contributed by atoms with van der Waals surface area (Å²) in [7, 11) is 5.48. The minimum Gasteiger partial charge on any atom is -0.502 e. The van der Waals surface area contributed by atoms with Gasteiger partial charge in [-0.3, -0.25) is 0 Å². The van der Waals surface area contributed by atoms with Gasteiger partial charge in [0, 0.05) is 23.0 Å². The molecule has 1 aliphatic rings. The predicted octanol–water partition coefficient (Wildman–Crippen LogP) is 2.35. The minimum absolute atomic E-state index is 0.0270. The number of fused-ring (bicyclic) bond motifs is 1. The standard InChI is InChI=1S/C22H24O9/c1-28-14-7-11(8-15(29-2)19(14)24)17-13(9-23)12(22(26)27)5-10-6-16(30-3)20(25)21(31-4)18(10)17/h5-8,13,17,23-25H,9H2,1-4H3,(H,26,27)/t13-,17-/m1/s1. The second kappa shape index (κ2) is 8.65. The van der Waals surface area contributed by atoms with E-state index in [9.17, 15) is 25.2 Å². The van der Waals surface area contributed by atoms with E-state index < -0.39 is 24.4 Å². The normalized spacial score (nSPS) is 17.4. The molecule has 0 radical (unpaired) electrons. The maximum atomic E-state index is 12.0. The highest BCUT2D eigenvalue weighted by molar-refractivity contribution is 5.95. The summed E-state index contributed by atoms with van der Waals surface area (Å²) in [5.41, 5.74) is 1.37. The van der Waals surface area contributed by atoms with E-state index in [-0.39, 0.29) is 40.1 Å². The van der Waals surface area contributed by atoms with Crippen LogP contribution in [0, 0.1) is 5.92 Å². The summed E-state index contributed by atoms with van der Waals surface area (Å²) in [6, 6.07) is 4.56. The molecule has 0 saturated heterocycles. The van der Waals surface area contributed by atoms with E-state index in [2.05, 4.69) is 0 Å². The molecule has 3 rings (SSSR count). The second-order valence-corrected chi connectivity index (χ2v) is 6.91. The van der Waals surface area contributed by atoms with Gasteiger partial charge in [0.15, 0.2) is 23.0 Å². The Morgan fingerprint density at radius 2 is 1.45 bits per heavy atom. The zero-order chi connectivity index (χ0) is 22.9. The maximum Gasteiger partial charge on any atom is 0.331 e. The van der Waals surface area contributed by atoms with Crippen LogP contribution in [-0.4, -0.2) is 61.4 Å². The van der Waals surface area contributed by atoms with Gasteiger partial charge in [-0.1, -0.05) is 0 Å². The largest absolute Gasteiger partial charge is 0.502 e. The first-order valence-electron chi connectivity index (χ1n) is 9.31. The van der Waals surface area contributed by atoms with Gasteiger partial charge >= 0.3 is 5.97 Å². The Bertz CT molecular complexity index is 1020. The van der Waals surface area contributed by atoms with Gasteiger partial charge in [-0.05, 0) is 35.4 Å². The monoisotopic (exact) mass is 432 g/mol. The van der Waals surface area contributed by atoms with Gasteiger partial charge in [0.2, 0.25) is 11.5 Å². The topological polar surface area (TPSA) is 135 Å². The first-order chi connectivity index (χ1) is 14.8. The first kappa shape index (κ1) is 22.1. The Labute approximate surface area is 178 Å². The van der Waals surface area contributed by atoms with E-state index in [1.165, 1.54) is 52.7 Å². The molecule has 0 aromatic heterocycles. The van der Waals surface area contributed by atoms with E-state index >= 15 is 0 Å². The van der Waals surface area contributed by atoms with Crippen LogP contribution in [-0.2, 0) is 4.79 Å². The lowest BCUT2D eigenvalue weighted by atomic mass is 9.71. The van der Waals surface area contributed by atoms with Crippen LogP contribution in [0.2, 0.25) is 0 Å². The van der Waals surface area contributed by atoms with Crippen molar-refractivity contribution < 1.29 is 44.2 Å². The Morgan fingerprint density at radius 1 is 0.903 bits per heavy atom. The van der Waals surface area contributed by atoms with Gasteiger partial charge in [-0.15, -0.1) is 0 Å². The molecule has 9 nitrogen and oxygen atoms in total. The van der Waals surface area contributed by atoms with Crippen LogP contribution in [0.15, 0.2) is 23.8 Å². The predicted molar refractivity (Wildman–Crippen MR) is 110 cm³/mol. The van der Waals surface area contributed by atoms with Crippen LogP contribution in [0.3, 0.4) is 0 Å². The Morgan fingerprint density at radius 3 is 1.90 bits per heavy atom. The smallest absolute Gasteiger partial charge is 0.331 e. The van der Waals surface area contributed by atoms with E-state index in [0.29, 0.717) is 16.7 Å². The van der Waals surface area contributed by atoms with Crippen molar-refractivity contribution >= 4 is 12.0 Å². The molecule has 0 fully saturated rings. The molecule has 0 amide bonds. The van der Waals surface area contributed by atoms with Gasteiger partial charge in [0.1, 0.15) is 0 Å². The lowest BCUT2D eigenvalue weighted by Gasteiger charge is -2.34. The van der Waals surface area contributed by atoms with E-state index in [4.69, 9.17) is 18.9 Å². The molecule has 1 aliphatic carbocycles. The van der Waals surface area contributed by atoms with Gasteiger partial charge < -0.3 is 39.4 Å². The Hall–Kier alpha value is -3.59. The average molecular weight is 432 g/mol. The van der Waals surface area contributed by atoms with E-state index in [1.807, 2.05) is 0 Å². The summed E-state index contributed by atoms with van der Waals surface area (Å²) < 4.78 is 21.2. The molecule has 0 heterocycles. The number of carboxylic acid groups (broad SMARTS) is 1. The molecule has 0 unspecified atom stereocenters. The highest BCUT2D eigenvalue weighted by Gasteiger charge is 2.40. The molecule has 2 aromatic carbocycles. The fourth-order valence-corrected chi connectivity index (χ4v) is 4.03. The summed E-state index contributed by atoms with van der Waals surface area (Å²) in [4.78, 5) is 12.0. The molecule has 31 heavy (non-hydrogen) atoms. The number of phenolic OH excluding ortho intramolecular Hbond substituents is 2. The van der Waals surface area contributed by atoms with Crippen LogP contribution in [0.5, 0.6) is 34.5 Å². The zero-order valence-corrected chi connectivity index (χ0v) is 17.5. The molecule has 9 heteroatoms. The Kier molecular flexibility index (Phi) is 6.16. The van der Waals surface area contributed by atoms with Gasteiger partial charge in [-0.25, -0.2) is 4.79 Å². The number of hydrogen-bond acceptors (Lipinski definition) is 8. The number of ether oxygens (including phenoxy) is 4. The summed E-state index contributed by atoms with van der Waals surface area (Å²) >= 11 is 0. The average Bonchev–Trinajstić information content (AvgIpc) is 2.77. The SMILES string of the molecule is COc1cc([C@H]2c3c(cc(OC)c(O)c3OC)C=C(C(=O)O)[C@H]2CO)cc(OC)c1O. The first-order valence-corrected chi connectivity index (χ1v) is 9.31. The lowest BCUT2D eigenvalue weighted by molar-refractivity contribution is -0.133. The zero-order valence-electron chi connectivity index (χ0n) is 17.5. The molecular weight excluding hydrogens is 408 g/mol. The van der Waals surface area contributed by atoms with Crippen LogP contribution in [0.1, 0.15) is 22.6 Å². The number of aliphatic hydroxyl groups is 1. The number of methoxy groups -OCH3 is 4. The maximum absolute atomic E-state index is 12.0. The quantitative estimate of drug-likeness (QED) is 0.520. The number of carboxylic acids is 1. The summed E-state index contributed by atoms with van der Waals surface area (Å²) in [5, 5.41) is 40.9. The molecule has 4 N–H and O–H groups in total. The number of rotatable bonds is 7. The minimum atomic E-state index is -1.20. The number of carbonyl (C=O) groups is 1. The van der Waals surface area contributed by atoms with Gasteiger partial charge in [0.05, 0.1) is 35.0 Å². The van der Waals surface area contributed by atoms with Crippen molar-refractivity contribution in [2.24, 2.45) is 5.92 Å². The molecule has 0 bridgehead atoms. The molecular formula is C22H24O9. The molecule has 2 atom stereocenters. The third-order valence-corrected chi connectivity index (χ3v) is 5.44. The molecule has 0 aliphatic heterocycles. The highest BCUT2D eigenvalue weighted by Crippen LogP contribution is 2.53. The molecule has 166 valence electrons. The number of benzene rings is 2. The number of aliphatic hydroxyl groups excluding tert-OH is 1. The lowest BCUT2D eigenvalue weighted by Crippen LogP contribution is -2.28. The number of aromatic hydroxyl groups is 2. The van der Waals surface area contributed by atoms with Crippen LogP contribution < -0.4 is 18.9 Å². The van der Waals surface area contributed by atoms with Gasteiger partial charge in [0.25, 0.3) is 0 Å². The fourth-order valence-electron chi connectivity index (χ4n) is 4.03. The second-order valence-electron chi connectivity index (χ2n) is 6.91. The van der Waals surface area contributed by atoms with Crippen molar-refractivity contribution in [1.82, 2.24) is 0 Å². The van der Waals surface area contributed by atoms with Crippen LogP contribution in [0.25, 0.3) is 6.08 Å². The van der Waals surface area contributed by atoms with Crippen molar-refractivity contribution in [3.8, 4) is 34.5 Å². The summed E-state index contributed by atoms with van der Waals surface area (Å²) in [6.45, 7) is -0.496. The fraction of sp³-hybridized carbons (Fsp3) is 0.318. The van der Waals surface area contributed by atoms with Gasteiger partial charge in [-0.2, -0.15) is 0 Å². The van der Waals surface area contributed by atoms with Crippen molar-refractivity contribution in [3.05, 3.63) is 40.5 Å². The van der Waals surface area contributed by atoms with E-state index in [1.54, 1.807) is 0 Å². The highest BCUT2D eigenvalue weighted by atomic mass is 16.5. The summed E-state index contributed by atoms with van der Waals surface area (Å²) in [5.74, 6) is -2.91. The summed E-state index contributed by atoms with van der Waals surface area (Å²) in [6.07, 6.45) is 1.43. The van der Waals surface area contributed by atoms with Crippen LogP contribution >= 0.6 is 0 Å². The number of aliphatic carboxylic acids is 1. The van der Waals surface area contributed by atoms with Crippen molar-refractivity contribution in [2.75, 3.05) is 35.0 Å². The van der Waals surface area contributed by atoms with Crippen LogP contribution in [0.4, 0.5) is 0 Å². The Balaban J connectivity index is 2.41. The number of phenols is 2. The molecule has 0 spiro atoms. The number of hydrogen-bond donors (Lipinski definition) is 4. The van der Waals surface area contributed by atoms with Crippen molar-refractivity contribution in [3.63, 3.8) is 0 Å². The molecule has 2 aromatic rings. The third-order valence-electron chi connectivity index (χ3n) is 5.44. The van der Waals surface area contributed by atoms with E-state index in [0.717, 1.165) is 0 Å². The van der Waals surface area contributed by atoms with Crippen molar-refractivity contribution in [2.45, 2.75) is 5.92 Å². The van der Waals surface area contributed by atoms with Crippen molar-refractivity contribution in [1.29, 1.82) is 0 Å².